The van der Waals surface area contributed by atoms with Crippen molar-refractivity contribution in [3.8, 4) is 0 Å². The van der Waals surface area contributed by atoms with Gasteiger partial charge in [-0.2, -0.15) is 0 Å². The third-order valence-corrected chi connectivity index (χ3v) is 6.26. The van der Waals surface area contributed by atoms with E-state index in [-0.39, 0.29) is 11.7 Å². The molecule has 1 N–H and O–H groups in total. The van der Waals surface area contributed by atoms with Crippen LogP contribution in [0.5, 0.6) is 0 Å². The van der Waals surface area contributed by atoms with E-state index in [0.29, 0.717) is 6.42 Å². The smallest absolute Gasteiger partial charge is 0.306 e. The average molecular weight is 437 g/mol. The highest BCUT2D eigenvalue weighted by molar-refractivity contribution is 5.89. The van der Waals surface area contributed by atoms with Crippen molar-refractivity contribution in [2.24, 2.45) is 5.92 Å². The molecule has 0 radical (unpaired) electrons. The van der Waals surface area contributed by atoms with Crippen LogP contribution in [-0.4, -0.2) is 16.9 Å². The molecule has 0 amide bonds. The van der Waals surface area contributed by atoms with Crippen molar-refractivity contribution in [3.05, 3.63) is 12.2 Å². The zero-order valence-electron chi connectivity index (χ0n) is 20.8. The van der Waals surface area contributed by atoms with E-state index in [4.69, 9.17) is 0 Å². The molecule has 0 saturated heterocycles. The van der Waals surface area contributed by atoms with Crippen molar-refractivity contribution in [2.75, 3.05) is 0 Å². The van der Waals surface area contributed by atoms with Crippen LogP contribution in [0.25, 0.3) is 0 Å². The van der Waals surface area contributed by atoms with Gasteiger partial charge in [-0.1, -0.05) is 116 Å². The molecule has 0 aromatic rings. The lowest BCUT2D eigenvalue weighted by atomic mass is 9.94. The van der Waals surface area contributed by atoms with E-state index in [2.05, 4.69) is 19.9 Å². The second-order valence-electron chi connectivity index (χ2n) is 9.32. The molecule has 0 aliphatic carbocycles. The molecule has 0 spiro atoms. The van der Waals surface area contributed by atoms with Gasteiger partial charge in [-0.15, -0.1) is 0 Å². The first kappa shape index (κ1) is 29.9. The predicted octanol–water partition coefficient (Wildman–Crippen LogP) is 9.04. The molecule has 0 fully saturated rings. The van der Waals surface area contributed by atoms with Gasteiger partial charge in [0.1, 0.15) is 0 Å². The van der Waals surface area contributed by atoms with Gasteiger partial charge in [0, 0.05) is 6.42 Å². The quantitative estimate of drug-likeness (QED) is 0.121. The minimum atomic E-state index is -0.606. The molecule has 0 aliphatic heterocycles. The van der Waals surface area contributed by atoms with Crippen LogP contribution in [-0.2, 0) is 9.59 Å². The second kappa shape index (κ2) is 23.5. The first-order valence-electron chi connectivity index (χ1n) is 13.5. The summed E-state index contributed by atoms with van der Waals surface area (Å²) in [4.78, 5) is 23.3. The SMILES string of the molecule is CCCCCCC/C=C/C(=O)CCCCCCCCC[C@@H](CCCCCCC)C(=O)O. The number of ketones is 1. The molecule has 0 aliphatic rings. The largest absolute Gasteiger partial charge is 0.481 e. The lowest BCUT2D eigenvalue weighted by Gasteiger charge is -2.12. The summed E-state index contributed by atoms with van der Waals surface area (Å²) < 4.78 is 0. The summed E-state index contributed by atoms with van der Waals surface area (Å²) in [6.45, 7) is 4.43. The van der Waals surface area contributed by atoms with E-state index < -0.39 is 5.97 Å². The third-order valence-electron chi connectivity index (χ3n) is 6.26. The van der Waals surface area contributed by atoms with Gasteiger partial charge in [-0.3, -0.25) is 9.59 Å². The van der Waals surface area contributed by atoms with E-state index in [1.165, 1.54) is 77.0 Å². The number of hydrogen-bond acceptors (Lipinski definition) is 2. The van der Waals surface area contributed by atoms with Crippen molar-refractivity contribution in [2.45, 2.75) is 149 Å². The minimum absolute atomic E-state index is 0.142. The topological polar surface area (TPSA) is 54.4 Å². The maximum Gasteiger partial charge on any atom is 0.306 e. The highest BCUT2D eigenvalue weighted by Crippen LogP contribution is 2.19. The molecule has 0 aromatic carbocycles. The van der Waals surface area contributed by atoms with Gasteiger partial charge in [0.25, 0.3) is 0 Å². The highest BCUT2D eigenvalue weighted by Gasteiger charge is 2.16. The first-order valence-corrected chi connectivity index (χ1v) is 13.5. The number of allylic oxidation sites excluding steroid dienone is 2. The third kappa shape index (κ3) is 21.9. The number of aliphatic carboxylic acids is 1. The Morgan fingerprint density at radius 2 is 1.10 bits per heavy atom. The lowest BCUT2D eigenvalue weighted by molar-refractivity contribution is -0.142. The normalized spacial score (nSPS) is 12.5. The van der Waals surface area contributed by atoms with E-state index in [1.807, 2.05) is 0 Å². The van der Waals surface area contributed by atoms with Gasteiger partial charge >= 0.3 is 5.97 Å². The summed E-state index contributed by atoms with van der Waals surface area (Å²) in [5.41, 5.74) is 0. The number of unbranched alkanes of at least 4 members (excludes halogenated alkanes) is 15. The Balaban J connectivity index is 3.52. The summed E-state index contributed by atoms with van der Waals surface area (Å²) in [5.74, 6) is -0.467. The summed E-state index contributed by atoms with van der Waals surface area (Å²) in [5, 5.41) is 9.40. The van der Waals surface area contributed by atoms with Crippen LogP contribution in [0.15, 0.2) is 12.2 Å². The van der Waals surface area contributed by atoms with Gasteiger partial charge in [-0.25, -0.2) is 0 Å². The van der Waals surface area contributed by atoms with Crippen LogP contribution in [0.2, 0.25) is 0 Å². The fourth-order valence-electron chi connectivity index (χ4n) is 4.12. The average Bonchev–Trinajstić information content (AvgIpc) is 2.75. The Morgan fingerprint density at radius 1 is 0.645 bits per heavy atom. The Hall–Kier alpha value is -1.12. The molecular formula is C28H52O3. The summed E-state index contributed by atoms with van der Waals surface area (Å²) in [7, 11) is 0. The zero-order valence-corrected chi connectivity index (χ0v) is 20.8. The molecule has 0 rings (SSSR count). The second-order valence-corrected chi connectivity index (χ2v) is 9.32. The fraction of sp³-hybridized carbons (Fsp3) is 0.857. The Morgan fingerprint density at radius 3 is 1.61 bits per heavy atom. The molecule has 3 heteroatoms. The van der Waals surface area contributed by atoms with Gasteiger partial charge in [0.15, 0.2) is 5.78 Å². The van der Waals surface area contributed by atoms with Gasteiger partial charge in [0.2, 0.25) is 0 Å². The van der Waals surface area contributed by atoms with Gasteiger partial charge in [-0.05, 0) is 38.2 Å². The maximum atomic E-state index is 11.9. The molecule has 0 bridgehead atoms. The molecule has 31 heavy (non-hydrogen) atoms. The fourth-order valence-corrected chi connectivity index (χ4v) is 4.12. The van der Waals surface area contributed by atoms with Gasteiger partial charge in [0.05, 0.1) is 5.92 Å². The number of hydrogen-bond donors (Lipinski definition) is 1. The van der Waals surface area contributed by atoms with Crippen molar-refractivity contribution in [3.63, 3.8) is 0 Å². The van der Waals surface area contributed by atoms with E-state index in [9.17, 15) is 14.7 Å². The van der Waals surface area contributed by atoms with E-state index in [1.54, 1.807) is 6.08 Å². The summed E-state index contributed by atoms with van der Waals surface area (Å²) >= 11 is 0. The zero-order chi connectivity index (χ0) is 23.0. The molecule has 0 heterocycles. The lowest BCUT2D eigenvalue weighted by Crippen LogP contribution is -2.13. The Labute approximate surface area is 193 Å². The number of carboxylic acids is 1. The highest BCUT2D eigenvalue weighted by atomic mass is 16.4. The molecule has 0 unspecified atom stereocenters. The predicted molar refractivity (Wildman–Crippen MR) is 134 cm³/mol. The number of carbonyl (C=O) groups is 2. The molecule has 0 aromatic heterocycles. The molecule has 0 saturated carbocycles. The van der Waals surface area contributed by atoms with Crippen LogP contribution in [0, 0.1) is 5.92 Å². The van der Waals surface area contributed by atoms with Crippen molar-refractivity contribution >= 4 is 11.8 Å². The number of carbonyl (C=O) groups excluding carboxylic acids is 1. The Kier molecular flexibility index (Phi) is 22.7. The van der Waals surface area contributed by atoms with Crippen LogP contribution in [0.3, 0.4) is 0 Å². The van der Waals surface area contributed by atoms with E-state index in [0.717, 1.165) is 51.4 Å². The number of rotatable bonds is 24. The van der Waals surface area contributed by atoms with Gasteiger partial charge < -0.3 is 5.11 Å². The van der Waals surface area contributed by atoms with Crippen molar-refractivity contribution < 1.29 is 14.7 Å². The number of carboxylic acid groups (broad SMARTS) is 1. The minimum Gasteiger partial charge on any atom is -0.481 e. The molecule has 182 valence electrons. The standard InChI is InChI=1S/C28H52O3/c1-3-5-7-9-11-16-20-24-27(29)25-21-17-13-10-12-15-19-23-26(28(30)31)22-18-14-8-6-4-2/h20,24,26H,3-19,21-23,25H2,1-2H3,(H,30,31)/b24-20+/t26-/m1/s1. The molecular weight excluding hydrogens is 384 g/mol. The monoisotopic (exact) mass is 436 g/mol. The molecule has 1 atom stereocenters. The van der Waals surface area contributed by atoms with Crippen LogP contribution in [0.1, 0.15) is 149 Å². The van der Waals surface area contributed by atoms with E-state index >= 15 is 0 Å². The van der Waals surface area contributed by atoms with Crippen molar-refractivity contribution in [1.82, 2.24) is 0 Å². The Bertz CT molecular complexity index is 442. The van der Waals surface area contributed by atoms with Crippen molar-refractivity contribution in [1.29, 1.82) is 0 Å². The summed E-state index contributed by atoms with van der Waals surface area (Å²) in [6, 6.07) is 0. The van der Waals surface area contributed by atoms with Crippen LogP contribution in [0.4, 0.5) is 0 Å². The van der Waals surface area contributed by atoms with Crippen LogP contribution < -0.4 is 0 Å². The summed E-state index contributed by atoms with van der Waals surface area (Å²) in [6.07, 6.45) is 27.5. The van der Waals surface area contributed by atoms with Crippen LogP contribution >= 0.6 is 0 Å². The first-order chi connectivity index (χ1) is 15.1. The molecule has 3 nitrogen and oxygen atoms in total. The maximum absolute atomic E-state index is 11.9.